The van der Waals surface area contributed by atoms with E-state index in [1.807, 2.05) is 30.2 Å². The fraction of sp³-hybridized carbons (Fsp3) is 0.533. The third-order valence-electron chi connectivity index (χ3n) is 3.10. The van der Waals surface area contributed by atoms with Gasteiger partial charge in [-0.2, -0.15) is 5.10 Å². The highest BCUT2D eigenvalue weighted by molar-refractivity contribution is 5.47. The van der Waals surface area contributed by atoms with Gasteiger partial charge in [-0.3, -0.25) is 4.68 Å². The highest BCUT2D eigenvalue weighted by Gasteiger charge is 2.07. The van der Waals surface area contributed by atoms with E-state index in [9.17, 15) is 0 Å². The Labute approximate surface area is 126 Å². The first-order chi connectivity index (χ1) is 10.1. The molecule has 0 amide bonds. The molecule has 2 aromatic rings. The summed E-state index contributed by atoms with van der Waals surface area (Å²) in [5.41, 5.74) is 1.22. The number of nitrogens with zero attached hydrogens (tertiary/aromatic N) is 4. The molecule has 2 heterocycles. The predicted octanol–water partition coefficient (Wildman–Crippen LogP) is 2.42. The maximum Gasteiger partial charge on any atom is 0.135 e. The van der Waals surface area contributed by atoms with Gasteiger partial charge in [0, 0.05) is 38.3 Å². The third-order valence-corrected chi connectivity index (χ3v) is 3.10. The molecule has 21 heavy (non-hydrogen) atoms. The van der Waals surface area contributed by atoms with Gasteiger partial charge < -0.3 is 10.6 Å². The minimum absolute atomic E-state index is 0.308. The van der Waals surface area contributed by atoms with Crippen molar-refractivity contribution in [1.29, 1.82) is 0 Å². The predicted molar refractivity (Wildman–Crippen MR) is 85.7 cm³/mol. The molecule has 0 bridgehead atoms. The summed E-state index contributed by atoms with van der Waals surface area (Å²) >= 11 is 0. The van der Waals surface area contributed by atoms with Gasteiger partial charge in [0.2, 0.25) is 0 Å². The van der Waals surface area contributed by atoms with E-state index >= 15 is 0 Å². The molecule has 0 fully saturated rings. The van der Waals surface area contributed by atoms with E-state index in [-0.39, 0.29) is 0 Å². The second kappa shape index (κ2) is 7.06. The molecular formula is C15H24N6. The average Bonchev–Trinajstić information content (AvgIpc) is 2.84. The summed E-state index contributed by atoms with van der Waals surface area (Å²) in [7, 11) is 1.93. The van der Waals surface area contributed by atoms with Gasteiger partial charge in [0.05, 0.1) is 6.20 Å². The second-order valence-electron chi connectivity index (χ2n) is 5.38. The molecule has 0 unspecified atom stereocenters. The highest BCUT2D eigenvalue weighted by Crippen LogP contribution is 2.17. The molecule has 0 aromatic carbocycles. The molecule has 0 atom stereocenters. The Balaban J connectivity index is 2.00. The first-order valence-corrected chi connectivity index (χ1v) is 7.42. The number of nitrogens with one attached hydrogen (secondary N) is 2. The molecule has 6 heteroatoms. The molecule has 2 aromatic heterocycles. The molecule has 0 aliphatic heterocycles. The molecule has 6 nitrogen and oxygen atoms in total. The van der Waals surface area contributed by atoms with Crippen LogP contribution in [-0.2, 0) is 13.5 Å². The van der Waals surface area contributed by atoms with Crippen LogP contribution in [0.15, 0.2) is 18.5 Å². The SMILES string of the molecule is CCNc1cc(NCCc2cnn(C)c2)nc(C(C)C)n1. The maximum absolute atomic E-state index is 4.57. The quantitative estimate of drug-likeness (QED) is 0.819. The summed E-state index contributed by atoms with van der Waals surface area (Å²) in [6.45, 7) is 7.94. The second-order valence-corrected chi connectivity index (χ2v) is 5.38. The van der Waals surface area contributed by atoms with Gasteiger partial charge in [-0.25, -0.2) is 9.97 Å². The number of hydrogen-bond donors (Lipinski definition) is 2. The summed E-state index contributed by atoms with van der Waals surface area (Å²) in [5, 5.41) is 10.8. The lowest BCUT2D eigenvalue weighted by atomic mass is 10.2. The minimum Gasteiger partial charge on any atom is -0.370 e. The first kappa shape index (κ1) is 15.3. The molecule has 2 N–H and O–H groups in total. The monoisotopic (exact) mass is 288 g/mol. The smallest absolute Gasteiger partial charge is 0.135 e. The molecule has 2 rings (SSSR count). The van der Waals surface area contributed by atoms with Crippen LogP contribution in [-0.4, -0.2) is 32.8 Å². The van der Waals surface area contributed by atoms with Gasteiger partial charge in [0.25, 0.3) is 0 Å². The van der Waals surface area contributed by atoms with Gasteiger partial charge in [-0.05, 0) is 18.9 Å². The lowest BCUT2D eigenvalue weighted by Crippen LogP contribution is -2.11. The molecule has 0 spiro atoms. The number of aryl methyl sites for hydroxylation is 1. The van der Waals surface area contributed by atoms with Crippen molar-refractivity contribution >= 4 is 11.6 Å². The van der Waals surface area contributed by atoms with Crippen molar-refractivity contribution in [2.45, 2.75) is 33.1 Å². The van der Waals surface area contributed by atoms with Crippen molar-refractivity contribution < 1.29 is 0 Å². The van der Waals surface area contributed by atoms with Crippen LogP contribution >= 0.6 is 0 Å². The molecule has 114 valence electrons. The summed E-state index contributed by atoms with van der Waals surface area (Å²) in [6.07, 6.45) is 4.85. The molecule has 0 aliphatic rings. The van der Waals surface area contributed by atoms with Crippen molar-refractivity contribution in [2.24, 2.45) is 7.05 Å². The molecular weight excluding hydrogens is 264 g/mol. The van der Waals surface area contributed by atoms with Gasteiger partial charge in [0.1, 0.15) is 17.5 Å². The normalized spacial score (nSPS) is 10.9. The van der Waals surface area contributed by atoms with E-state index in [1.165, 1.54) is 5.56 Å². The van der Waals surface area contributed by atoms with E-state index in [2.05, 4.69) is 46.5 Å². The fourth-order valence-electron chi connectivity index (χ4n) is 2.02. The Kier molecular flexibility index (Phi) is 5.14. The summed E-state index contributed by atoms with van der Waals surface area (Å²) in [4.78, 5) is 9.09. The van der Waals surface area contributed by atoms with Crippen LogP contribution in [0.25, 0.3) is 0 Å². The van der Waals surface area contributed by atoms with Crippen LogP contribution in [0.3, 0.4) is 0 Å². The summed E-state index contributed by atoms with van der Waals surface area (Å²) in [5.74, 6) is 2.91. The number of hydrogen-bond acceptors (Lipinski definition) is 5. The Bertz CT molecular complexity index is 575. The average molecular weight is 288 g/mol. The van der Waals surface area contributed by atoms with Gasteiger partial charge in [-0.1, -0.05) is 13.8 Å². The number of anilines is 2. The molecule has 0 radical (unpaired) electrons. The van der Waals surface area contributed by atoms with Gasteiger partial charge in [-0.15, -0.1) is 0 Å². The van der Waals surface area contributed by atoms with Crippen molar-refractivity contribution in [1.82, 2.24) is 19.7 Å². The van der Waals surface area contributed by atoms with Crippen molar-refractivity contribution in [3.63, 3.8) is 0 Å². The number of aromatic nitrogens is 4. The Morgan fingerprint density at radius 1 is 1.19 bits per heavy atom. The zero-order valence-corrected chi connectivity index (χ0v) is 13.2. The van der Waals surface area contributed by atoms with Gasteiger partial charge in [0.15, 0.2) is 0 Å². The van der Waals surface area contributed by atoms with Crippen LogP contribution < -0.4 is 10.6 Å². The van der Waals surface area contributed by atoms with E-state index < -0.39 is 0 Å². The van der Waals surface area contributed by atoms with Crippen molar-refractivity contribution in [3.05, 3.63) is 29.8 Å². The van der Waals surface area contributed by atoms with Crippen LogP contribution in [0, 0.1) is 0 Å². The standard InChI is InChI=1S/C15H24N6/c1-5-16-13-8-14(20-15(19-13)11(2)3)17-7-6-12-9-18-21(4)10-12/h8-11H,5-7H2,1-4H3,(H2,16,17,19,20). The number of rotatable bonds is 7. The topological polar surface area (TPSA) is 67.7 Å². The summed E-state index contributed by atoms with van der Waals surface area (Å²) < 4.78 is 1.82. The fourth-order valence-corrected chi connectivity index (χ4v) is 2.02. The minimum atomic E-state index is 0.308. The zero-order chi connectivity index (χ0) is 15.2. The van der Waals surface area contributed by atoms with Crippen molar-refractivity contribution in [2.75, 3.05) is 23.7 Å². The molecule has 0 aliphatic carbocycles. The van der Waals surface area contributed by atoms with E-state index in [1.54, 1.807) is 0 Å². The van der Waals surface area contributed by atoms with Crippen LogP contribution in [0.1, 0.15) is 38.1 Å². The molecule has 0 saturated carbocycles. The van der Waals surface area contributed by atoms with E-state index in [0.29, 0.717) is 5.92 Å². The Morgan fingerprint density at radius 3 is 2.48 bits per heavy atom. The maximum atomic E-state index is 4.57. The third kappa shape index (κ3) is 4.44. The van der Waals surface area contributed by atoms with E-state index in [4.69, 9.17) is 0 Å². The molecule has 0 saturated heterocycles. The van der Waals surface area contributed by atoms with E-state index in [0.717, 1.165) is 37.0 Å². The van der Waals surface area contributed by atoms with Gasteiger partial charge >= 0.3 is 0 Å². The first-order valence-electron chi connectivity index (χ1n) is 7.42. The van der Waals surface area contributed by atoms with Crippen molar-refractivity contribution in [3.8, 4) is 0 Å². The lowest BCUT2D eigenvalue weighted by Gasteiger charge is -2.12. The zero-order valence-electron chi connectivity index (χ0n) is 13.2. The summed E-state index contributed by atoms with van der Waals surface area (Å²) in [6, 6.07) is 1.96. The Hall–Kier alpha value is -2.11. The highest BCUT2D eigenvalue weighted by atomic mass is 15.2. The lowest BCUT2D eigenvalue weighted by molar-refractivity contribution is 0.766. The Morgan fingerprint density at radius 2 is 1.90 bits per heavy atom. The van der Waals surface area contributed by atoms with Crippen LogP contribution in [0.2, 0.25) is 0 Å². The largest absolute Gasteiger partial charge is 0.370 e. The van der Waals surface area contributed by atoms with Crippen LogP contribution in [0.4, 0.5) is 11.6 Å². The van der Waals surface area contributed by atoms with Crippen LogP contribution in [0.5, 0.6) is 0 Å².